The monoisotopic (exact) mass is 469 g/mol. The molecule has 0 fully saturated rings. The van der Waals surface area contributed by atoms with Gasteiger partial charge in [0.25, 0.3) is 0 Å². The van der Waals surface area contributed by atoms with Crippen molar-refractivity contribution in [2.45, 2.75) is 11.4 Å². The van der Waals surface area contributed by atoms with Gasteiger partial charge in [0.15, 0.2) is 5.75 Å². The van der Waals surface area contributed by atoms with E-state index in [1.807, 2.05) is 25.2 Å². The Labute approximate surface area is 192 Å². The van der Waals surface area contributed by atoms with Gasteiger partial charge in [0, 0.05) is 38.9 Å². The molecule has 0 aromatic heterocycles. The number of halogens is 1. The maximum atomic E-state index is 13.2. The molecule has 9 heteroatoms. The van der Waals surface area contributed by atoms with Crippen LogP contribution in [0.5, 0.6) is 11.5 Å². The molecular formula is C22H32ClN3O4S. The summed E-state index contributed by atoms with van der Waals surface area (Å²) in [7, 11) is 7.35. The first kappa shape index (κ1) is 25.6. The second kappa shape index (κ2) is 13.0. The first-order valence-corrected chi connectivity index (χ1v) is 11.5. The van der Waals surface area contributed by atoms with Crippen molar-refractivity contribution in [3.63, 3.8) is 0 Å². The molecule has 0 bridgehead atoms. The molecule has 7 nitrogen and oxygen atoms in total. The summed E-state index contributed by atoms with van der Waals surface area (Å²) in [5.41, 5.74) is 1.83. The summed E-state index contributed by atoms with van der Waals surface area (Å²) in [5.74, 6) is 1.10. The summed E-state index contributed by atoms with van der Waals surface area (Å²) >= 11 is 6.17. The van der Waals surface area contributed by atoms with Gasteiger partial charge >= 0.3 is 0 Å². The van der Waals surface area contributed by atoms with Crippen LogP contribution >= 0.6 is 11.6 Å². The Morgan fingerprint density at radius 2 is 1.74 bits per heavy atom. The van der Waals surface area contributed by atoms with E-state index in [4.69, 9.17) is 25.8 Å². The summed E-state index contributed by atoms with van der Waals surface area (Å²) in [6.45, 7) is 2.95. The summed E-state index contributed by atoms with van der Waals surface area (Å²) < 4.78 is 31.8. The van der Waals surface area contributed by atoms with E-state index in [9.17, 15) is 4.21 Å². The van der Waals surface area contributed by atoms with Crippen LogP contribution < -0.4 is 15.0 Å². The lowest BCUT2D eigenvalue weighted by Gasteiger charge is -2.29. The molecule has 2 aromatic carbocycles. The third-order valence-electron chi connectivity index (χ3n) is 4.48. The van der Waals surface area contributed by atoms with E-state index in [0.29, 0.717) is 54.3 Å². The molecule has 2 rings (SSSR count). The number of anilines is 1. The van der Waals surface area contributed by atoms with Crippen molar-refractivity contribution in [1.29, 1.82) is 0 Å². The Morgan fingerprint density at radius 1 is 1.06 bits per heavy atom. The number of benzene rings is 2. The third-order valence-corrected chi connectivity index (χ3v) is 6.06. The Hall–Kier alpha value is -1.68. The fraction of sp³-hybridized carbons (Fsp3) is 0.455. The van der Waals surface area contributed by atoms with Crippen LogP contribution in [0.3, 0.4) is 0 Å². The molecule has 0 heterocycles. The third kappa shape index (κ3) is 7.45. The lowest BCUT2D eigenvalue weighted by molar-refractivity contribution is 0.190. The lowest BCUT2D eigenvalue weighted by Crippen LogP contribution is -2.31. The molecule has 0 aliphatic rings. The van der Waals surface area contributed by atoms with E-state index in [1.54, 1.807) is 44.8 Å². The van der Waals surface area contributed by atoms with Gasteiger partial charge in [-0.05, 0) is 57.0 Å². The van der Waals surface area contributed by atoms with Crippen molar-refractivity contribution in [2.75, 3.05) is 66.6 Å². The van der Waals surface area contributed by atoms with E-state index < -0.39 is 11.0 Å². The molecule has 1 unspecified atom stereocenters. The fourth-order valence-corrected chi connectivity index (χ4v) is 4.15. The highest BCUT2D eigenvalue weighted by molar-refractivity contribution is 7.82. The van der Waals surface area contributed by atoms with Gasteiger partial charge in [-0.15, -0.1) is 0 Å². The van der Waals surface area contributed by atoms with E-state index in [1.165, 1.54) is 0 Å². The van der Waals surface area contributed by atoms with E-state index in [2.05, 4.69) is 16.3 Å². The molecule has 2 aromatic rings. The summed E-state index contributed by atoms with van der Waals surface area (Å²) in [6.07, 6.45) is 0. The quantitative estimate of drug-likeness (QED) is 0.484. The zero-order valence-corrected chi connectivity index (χ0v) is 20.4. The summed E-state index contributed by atoms with van der Waals surface area (Å²) in [4.78, 5) is 2.72. The smallest absolute Gasteiger partial charge is 0.168 e. The van der Waals surface area contributed by atoms with Crippen molar-refractivity contribution >= 4 is 28.3 Å². The number of methoxy groups -OCH3 is 2. The van der Waals surface area contributed by atoms with Gasteiger partial charge in [0.05, 0.1) is 23.8 Å². The van der Waals surface area contributed by atoms with Crippen LogP contribution in [-0.4, -0.2) is 70.2 Å². The minimum atomic E-state index is -1.42. The Bertz CT molecular complexity index is 859. The van der Waals surface area contributed by atoms with Gasteiger partial charge < -0.3 is 24.4 Å². The highest BCUT2D eigenvalue weighted by atomic mass is 35.5. The molecule has 1 atom stereocenters. The number of hydrogen-bond acceptors (Lipinski definition) is 6. The normalized spacial score (nSPS) is 12.2. The molecule has 0 radical (unpaired) electrons. The molecule has 0 saturated carbocycles. The maximum Gasteiger partial charge on any atom is 0.168 e. The summed E-state index contributed by atoms with van der Waals surface area (Å²) in [6, 6.07) is 11.1. The molecule has 0 amide bonds. The topological polar surface area (TPSA) is 63.3 Å². The first-order chi connectivity index (χ1) is 14.9. The second-order valence-corrected chi connectivity index (χ2v) is 9.17. The number of rotatable bonds is 13. The number of nitrogens with one attached hydrogen (secondary N) is 1. The molecule has 0 aliphatic carbocycles. The molecule has 172 valence electrons. The van der Waals surface area contributed by atoms with Crippen LogP contribution in [0.2, 0.25) is 5.02 Å². The second-order valence-electron chi connectivity index (χ2n) is 7.07. The standard InChI is InChI=1S/C22H32ClN3O4S/c1-24-16-17-13-20(26(9-11-28-4)10-12-29-5)22(21(14-17)31(27)25(2)3)30-19-8-6-7-18(23)15-19/h6-8,13-15,24H,9-12,16H2,1-5H3. The van der Waals surface area contributed by atoms with Crippen LogP contribution in [-0.2, 0) is 27.0 Å². The zero-order valence-electron chi connectivity index (χ0n) is 18.8. The van der Waals surface area contributed by atoms with Crippen molar-refractivity contribution in [1.82, 2.24) is 9.62 Å². The van der Waals surface area contributed by atoms with Crippen molar-refractivity contribution in [2.24, 2.45) is 0 Å². The molecule has 0 saturated heterocycles. The SMILES string of the molecule is CNCc1cc(N(CCOC)CCOC)c(Oc2cccc(Cl)c2)c(S(=O)N(C)C)c1. The summed E-state index contributed by atoms with van der Waals surface area (Å²) in [5, 5.41) is 3.74. The minimum Gasteiger partial charge on any atom is -0.454 e. The first-order valence-electron chi connectivity index (χ1n) is 9.98. The number of ether oxygens (including phenoxy) is 3. The number of nitrogens with zero attached hydrogens (tertiary/aromatic N) is 2. The predicted molar refractivity (Wildman–Crippen MR) is 127 cm³/mol. The van der Waals surface area contributed by atoms with E-state index in [-0.39, 0.29) is 0 Å². The lowest BCUT2D eigenvalue weighted by atomic mass is 10.1. The van der Waals surface area contributed by atoms with Crippen molar-refractivity contribution in [3.8, 4) is 11.5 Å². The van der Waals surface area contributed by atoms with Crippen LogP contribution in [0.1, 0.15) is 5.56 Å². The van der Waals surface area contributed by atoms with E-state index >= 15 is 0 Å². The van der Waals surface area contributed by atoms with Crippen molar-refractivity contribution < 1.29 is 18.4 Å². The highest BCUT2D eigenvalue weighted by Gasteiger charge is 2.23. The zero-order chi connectivity index (χ0) is 22.8. The van der Waals surface area contributed by atoms with Crippen LogP contribution in [0, 0.1) is 0 Å². The van der Waals surface area contributed by atoms with Gasteiger partial charge in [-0.25, -0.2) is 8.51 Å². The largest absolute Gasteiger partial charge is 0.454 e. The van der Waals surface area contributed by atoms with Crippen LogP contribution in [0.25, 0.3) is 0 Å². The molecule has 0 spiro atoms. The maximum absolute atomic E-state index is 13.2. The van der Waals surface area contributed by atoms with Crippen LogP contribution in [0.4, 0.5) is 5.69 Å². The van der Waals surface area contributed by atoms with Gasteiger partial charge in [0.1, 0.15) is 16.7 Å². The fourth-order valence-electron chi connectivity index (χ4n) is 3.02. The highest BCUT2D eigenvalue weighted by Crippen LogP contribution is 2.40. The van der Waals surface area contributed by atoms with Gasteiger partial charge in [0.2, 0.25) is 0 Å². The minimum absolute atomic E-state index is 0.529. The molecular weight excluding hydrogens is 438 g/mol. The predicted octanol–water partition coefficient (Wildman–Crippen LogP) is 3.54. The Morgan fingerprint density at radius 3 is 2.29 bits per heavy atom. The van der Waals surface area contributed by atoms with Crippen molar-refractivity contribution in [3.05, 3.63) is 47.0 Å². The molecule has 1 N–H and O–H groups in total. The Balaban J connectivity index is 2.67. The number of hydrogen-bond donors (Lipinski definition) is 1. The molecule has 0 aliphatic heterocycles. The van der Waals surface area contributed by atoms with Gasteiger partial charge in [-0.3, -0.25) is 0 Å². The van der Waals surface area contributed by atoms with Crippen LogP contribution in [0.15, 0.2) is 41.3 Å². The van der Waals surface area contributed by atoms with E-state index in [0.717, 1.165) is 11.3 Å². The average molecular weight is 470 g/mol. The Kier molecular flexibility index (Phi) is 10.7. The van der Waals surface area contributed by atoms with Gasteiger partial charge in [-0.2, -0.15) is 0 Å². The molecule has 31 heavy (non-hydrogen) atoms. The van der Waals surface area contributed by atoms with Gasteiger partial charge in [-0.1, -0.05) is 17.7 Å². The average Bonchev–Trinajstić information content (AvgIpc) is 2.74.